The molecule has 0 saturated carbocycles. The van der Waals surface area contributed by atoms with E-state index in [1.165, 1.54) is 0 Å². The molecule has 0 radical (unpaired) electrons. The minimum absolute atomic E-state index is 0.00525. The van der Waals surface area contributed by atoms with Gasteiger partial charge in [-0.3, -0.25) is 4.79 Å². The number of hydrogen-bond acceptors (Lipinski definition) is 2. The van der Waals surface area contributed by atoms with E-state index in [0.717, 1.165) is 35.2 Å². The van der Waals surface area contributed by atoms with Crippen molar-refractivity contribution in [2.45, 2.75) is 26.8 Å². The lowest BCUT2D eigenvalue weighted by atomic mass is 10.0. The number of aryl methyl sites for hydroxylation is 1. The predicted molar refractivity (Wildman–Crippen MR) is 97.7 cm³/mol. The van der Waals surface area contributed by atoms with Crippen LogP contribution in [0, 0.1) is 5.92 Å². The Kier molecular flexibility index (Phi) is 4.99. The number of fused-ring (bicyclic) bond motifs is 1. The van der Waals surface area contributed by atoms with Crippen molar-refractivity contribution in [3.8, 4) is 5.75 Å². The Morgan fingerprint density at radius 1 is 1.04 bits per heavy atom. The summed E-state index contributed by atoms with van der Waals surface area (Å²) in [6, 6.07) is 18.0. The molecule has 3 rings (SSSR count). The van der Waals surface area contributed by atoms with Crippen molar-refractivity contribution >= 4 is 16.7 Å². The fourth-order valence-electron chi connectivity index (χ4n) is 2.88. The van der Waals surface area contributed by atoms with Gasteiger partial charge in [0, 0.05) is 35.1 Å². The molecule has 3 nitrogen and oxygen atoms in total. The lowest BCUT2D eigenvalue weighted by molar-refractivity contribution is 0.0941. The number of para-hydroxylation sites is 2. The van der Waals surface area contributed by atoms with Crippen LogP contribution in [-0.2, 0) is 6.54 Å². The van der Waals surface area contributed by atoms with E-state index in [0.29, 0.717) is 6.61 Å². The second-order valence-electron chi connectivity index (χ2n) is 6.29. The van der Waals surface area contributed by atoms with Gasteiger partial charge in [0.2, 0.25) is 0 Å². The first kappa shape index (κ1) is 16.3. The number of aromatic nitrogens is 1. The Hall–Kier alpha value is -2.55. The number of rotatable bonds is 7. The third kappa shape index (κ3) is 3.51. The summed E-state index contributed by atoms with van der Waals surface area (Å²) in [5.41, 5.74) is 1.94. The maximum absolute atomic E-state index is 12.4. The molecule has 0 aliphatic rings. The van der Waals surface area contributed by atoms with Gasteiger partial charge in [-0.05, 0) is 24.6 Å². The van der Waals surface area contributed by atoms with Crippen LogP contribution >= 0.6 is 0 Å². The van der Waals surface area contributed by atoms with Gasteiger partial charge >= 0.3 is 0 Å². The van der Waals surface area contributed by atoms with Crippen LogP contribution < -0.4 is 4.74 Å². The van der Waals surface area contributed by atoms with Crippen LogP contribution in [0.3, 0.4) is 0 Å². The van der Waals surface area contributed by atoms with E-state index in [-0.39, 0.29) is 11.7 Å². The normalized spacial score (nSPS) is 11.1. The minimum atomic E-state index is 0.00525. The summed E-state index contributed by atoms with van der Waals surface area (Å²) < 4.78 is 7.92. The summed E-state index contributed by atoms with van der Waals surface area (Å²) in [6.45, 7) is 5.38. The van der Waals surface area contributed by atoms with E-state index >= 15 is 0 Å². The molecule has 2 aromatic carbocycles. The molecule has 0 bridgehead atoms. The Morgan fingerprint density at radius 2 is 1.75 bits per heavy atom. The highest BCUT2D eigenvalue weighted by molar-refractivity contribution is 6.08. The minimum Gasteiger partial charge on any atom is -0.494 e. The van der Waals surface area contributed by atoms with Gasteiger partial charge in [-0.1, -0.05) is 50.2 Å². The Bertz CT molecular complexity index is 818. The van der Waals surface area contributed by atoms with Crippen LogP contribution in [0.15, 0.2) is 60.8 Å². The zero-order chi connectivity index (χ0) is 16.9. The van der Waals surface area contributed by atoms with Gasteiger partial charge in [-0.15, -0.1) is 0 Å². The summed E-state index contributed by atoms with van der Waals surface area (Å²) in [7, 11) is 0. The van der Waals surface area contributed by atoms with E-state index < -0.39 is 0 Å². The third-order valence-electron chi connectivity index (χ3n) is 4.13. The second-order valence-corrected chi connectivity index (χ2v) is 6.29. The van der Waals surface area contributed by atoms with Crippen LogP contribution in [-0.4, -0.2) is 17.0 Å². The number of ketones is 1. The standard InChI is InChI=1S/C21H23NO2/c1-16(2)21(23)19-15-22(20-12-7-6-11-18(19)20)13-8-14-24-17-9-4-3-5-10-17/h3-7,9-12,15-16H,8,13-14H2,1-2H3. The van der Waals surface area contributed by atoms with E-state index in [2.05, 4.69) is 10.6 Å². The van der Waals surface area contributed by atoms with Gasteiger partial charge in [-0.25, -0.2) is 0 Å². The van der Waals surface area contributed by atoms with Crippen molar-refractivity contribution in [3.05, 3.63) is 66.4 Å². The van der Waals surface area contributed by atoms with Crippen molar-refractivity contribution in [2.75, 3.05) is 6.61 Å². The highest BCUT2D eigenvalue weighted by Gasteiger charge is 2.17. The summed E-state index contributed by atoms with van der Waals surface area (Å²) in [4.78, 5) is 12.4. The monoisotopic (exact) mass is 321 g/mol. The number of benzene rings is 2. The number of carbonyl (C=O) groups is 1. The molecule has 0 unspecified atom stereocenters. The van der Waals surface area contributed by atoms with Crippen LogP contribution in [0.2, 0.25) is 0 Å². The fraction of sp³-hybridized carbons (Fsp3) is 0.286. The van der Waals surface area contributed by atoms with Crippen molar-refractivity contribution in [2.24, 2.45) is 5.92 Å². The lowest BCUT2D eigenvalue weighted by Gasteiger charge is -2.07. The molecule has 0 spiro atoms. The largest absolute Gasteiger partial charge is 0.494 e. The summed E-state index contributed by atoms with van der Waals surface area (Å²) in [5.74, 6) is 1.10. The molecule has 0 saturated heterocycles. The highest BCUT2D eigenvalue weighted by atomic mass is 16.5. The van der Waals surface area contributed by atoms with Crippen LogP contribution in [0.4, 0.5) is 0 Å². The lowest BCUT2D eigenvalue weighted by Crippen LogP contribution is -2.07. The average molecular weight is 321 g/mol. The summed E-state index contributed by atoms with van der Waals surface area (Å²) in [6.07, 6.45) is 2.89. The molecule has 0 aliphatic carbocycles. The van der Waals surface area contributed by atoms with Crippen molar-refractivity contribution in [3.63, 3.8) is 0 Å². The maximum atomic E-state index is 12.4. The highest BCUT2D eigenvalue weighted by Crippen LogP contribution is 2.24. The molecule has 0 fully saturated rings. The number of Topliss-reactive ketones (excluding diaryl/α,β-unsaturated/α-hetero) is 1. The molecule has 1 heterocycles. The Morgan fingerprint density at radius 3 is 2.50 bits per heavy atom. The quantitative estimate of drug-likeness (QED) is 0.455. The van der Waals surface area contributed by atoms with Crippen molar-refractivity contribution in [1.82, 2.24) is 4.57 Å². The molecular formula is C21H23NO2. The first-order valence-electron chi connectivity index (χ1n) is 8.47. The number of nitrogens with zero attached hydrogens (tertiary/aromatic N) is 1. The van der Waals surface area contributed by atoms with E-state index in [1.807, 2.05) is 68.6 Å². The van der Waals surface area contributed by atoms with Crippen LogP contribution in [0.1, 0.15) is 30.6 Å². The molecule has 0 atom stereocenters. The molecule has 3 heteroatoms. The zero-order valence-corrected chi connectivity index (χ0v) is 14.2. The van der Waals surface area contributed by atoms with Gasteiger partial charge in [0.25, 0.3) is 0 Å². The number of carbonyl (C=O) groups excluding carboxylic acids is 1. The van der Waals surface area contributed by atoms with E-state index in [4.69, 9.17) is 4.74 Å². The molecule has 124 valence electrons. The average Bonchev–Trinajstić information content (AvgIpc) is 2.98. The Labute approximate surface area is 142 Å². The SMILES string of the molecule is CC(C)C(=O)c1cn(CCCOc2ccccc2)c2ccccc12. The third-order valence-corrected chi connectivity index (χ3v) is 4.13. The summed E-state index contributed by atoms with van der Waals surface area (Å²) >= 11 is 0. The first-order chi connectivity index (χ1) is 11.7. The molecule has 0 aliphatic heterocycles. The molecule has 0 N–H and O–H groups in total. The van der Waals surface area contributed by atoms with E-state index in [1.54, 1.807) is 0 Å². The Balaban J connectivity index is 1.71. The molecule has 3 aromatic rings. The van der Waals surface area contributed by atoms with Crippen molar-refractivity contribution in [1.29, 1.82) is 0 Å². The van der Waals surface area contributed by atoms with Gasteiger partial charge in [0.1, 0.15) is 5.75 Å². The first-order valence-corrected chi connectivity index (χ1v) is 8.47. The molecule has 1 aromatic heterocycles. The van der Waals surface area contributed by atoms with Crippen molar-refractivity contribution < 1.29 is 9.53 Å². The molecule has 24 heavy (non-hydrogen) atoms. The van der Waals surface area contributed by atoms with Gasteiger partial charge in [0.05, 0.1) is 6.61 Å². The fourth-order valence-corrected chi connectivity index (χ4v) is 2.88. The van der Waals surface area contributed by atoms with Gasteiger partial charge in [0.15, 0.2) is 5.78 Å². The smallest absolute Gasteiger partial charge is 0.167 e. The van der Waals surface area contributed by atoms with Crippen LogP contribution in [0.5, 0.6) is 5.75 Å². The molecule has 0 amide bonds. The predicted octanol–water partition coefficient (Wildman–Crippen LogP) is 4.95. The topological polar surface area (TPSA) is 31.2 Å². The maximum Gasteiger partial charge on any atom is 0.167 e. The van der Waals surface area contributed by atoms with Gasteiger partial charge < -0.3 is 9.30 Å². The zero-order valence-electron chi connectivity index (χ0n) is 14.2. The van der Waals surface area contributed by atoms with Crippen LogP contribution in [0.25, 0.3) is 10.9 Å². The molecular weight excluding hydrogens is 298 g/mol. The van der Waals surface area contributed by atoms with E-state index in [9.17, 15) is 4.79 Å². The van der Waals surface area contributed by atoms with Gasteiger partial charge in [-0.2, -0.15) is 0 Å². The number of ether oxygens (including phenoxy) is 1. The summed E-state index contributed by atoms with van der Waals surface area (Å²) in [5, 5.41) is 1.04. The second kappa shape index (κ2) is 7.35. The number of hydrogen-bond donors (Lipinski definition) is 0.